The Hall–Kier alpha value is -3.22. The minimum absolute atomic E-state index is 0.0236. The first-order valence-electron chi connectivity index (χ1n) is 11.0. The summed E-state index contributed by atoms with van der Waals surface area (Å²) in [5, 5.41) is 4.53. The van der Waals surface area contributed by atoms with Gasteiger partial charge in [-0.2, -0.15) is 5.10 Å². The highest BCUT2D eigenvalue weighted by Crippen LogP contribution is 2.25. The van der Waals surface area contributed by atoms with Crippen molar-refractivity contribution in [2.75, 3.05) is 24.5 Å². The van der Waals surface area contributed by atoms with Gasteiger partial charge in [-0.05, 0) is 45.2 Å². The van der Waals surface area contributed by atoms with Crippen LogP contribution in [0.1, 0.15) is 36.7 Å². The van der Waals surface area contributed by atoms with E-state index in [1.807, 2.05) is 60.7 Å². The number of hydrogen-bond donors (Lipinski definition) is 0. The van der Waals surface area contributed by atoms with Crippen LogP contribution in [0.15, 0.2) is 48.8 Å². The number of aromatic nitrogens is 4. The molecule has 1 unspecified atom stereocenters. The number of benzene rings is 1. The van der Waals surface area contributed by atoms with Gasteiger partial charge in [0.05, 0.1) is 11.6 Å². The Labute approximate surface area is 183 Å². The first-order valence-corrected chi connectivity index (χ1v) is 11.0. The van der Waals surface area contributed by atoms with E-state index >= 15 is 0 Å². The van der Waals surface area contributed by atoms with Crippen LogP contribution < -0.4 is 4.90 Å². The van der Waals surface area contributed by atoms with Crippen molar-refractivity contribution in [1.29, 1.82) is 0 Å². The van der Waals surface area contributed by atoms with Gasteiger partial charge < -0.3 is 9.80 Å². The highest BCUT2D eigenvalue weighted by Gasteiger charge is 2.29. The van der Waals surface area contributed by atoms with Crippen molar-refractivity contribution >= 4 is 11.7 Å². The first kappa shape index (κ1) is 21.0. The quantitative estimate of drug-likeness (QED) is 0.612. The fraction of sp³-hybridized carbons (Fsp3) is 0.417. The highest BCUT2D eigenvalue weighted by molar-refractivity contribution is 5.79. The minimum atomic E-state index is -0.0236. The van der Waals surface area contributed by atoms with Gasteiger partial charge in [0.15, 0.2) is 5.82 Å². The predicted molar refractivity (Wildman–Crippen MR) is 121 cm³/mol. The van der Waals surface area contributed by atoms with Crippen LogP contribution in [0.25, 0.3) is 5.82 Å². The van der Waals surface area contributed by atoms with Gasteiger partial charge in [-0.3, -0.25) is 4.79 Å². The number of amides is 1. The van der Waals surface area contributed by atoms with Crippen molar-refractivity contribution in [1.82, 2.24) is 24.6 Å². The highest BCUT2D eigenvalue weighted by atomic mass is 16.2. The summed E-state index contributed by atoms with van der Waals surface area (Å²) in [5.74, 6) is 1.80. The second-order valence-electron chi connectivity index (χ2n) is 8.20. The summed E-state index contributed by atoms with van der Waals surface area (Å²) in [6, 6.07) is 14.2. The number of carbonyl (C=O) groups excluding carboxylic acids is 1. The molecule has 31 heavy (non-hydrogen) atoms. The topological polar surface area (TPSA) is 67.2 Å². The van der Waals surface area contributed by atoms with Gasteiger partial charge >= 0.3 is 0 Å². The van der Waals surface area contributed by atoms with Gasteiger partial charge in [-0.25, -0.2) is 14.6 Å². The van der Waals surface area contributed by atoms with Crippen molar-refractivity contribution in [3.8, 4) is 5.82 Å². The zero-order valence-electron chi connectivity index (χ0n) is 18.5. The molecule has 3 aromatic rings. The van der Waals surface area contributed by atoms with Crippen molar-refractivity contribution in [2.24, 2.45) is 5.92 Å². The molecule has 7 nitrogen and oxygen atoms in total. The summed E-state index contributed by atoms with van der Waals surface area (Å²) in [6.07, 6.45) is 3.47. The van der Waals surface area contributed by atoms with Gasteiger partial charge in [-0.15, -0.1) is 0 Å². The molecular weight excluding hydrogens is 388 g/mol. The molecule has 2 aromatic heterocycles. The maximum absolute atomic E-state index is 13.3. The van der Waals surface area contributed by atoms with Crippen molar-refractivity contribution in [3.05, 3.63) is 65.7 Å². The van der Waals surface area contributed by atoms with Crippen LogP contribution in [-0.4, -0.2) is 50.2 Å². The summed E-state index contributed by atoms with van der Waals surface area (Å²) in [7, 11) is 0. The lowest BCUT2D eigenvalue weighted by molar-refractivity contribution is -0.136. The summed E-state index contributed by atoms with van der Waals surface area (Å²) >= 11 is 0. The molecule has 0 N–H and O–H groups in total. The van der Waals surface area contributed by atoms with Crippen LogP contribution in [0.3, 0.4) is 0 Å². The Morgan fingerprint density at radius 1 is 1.13 bits per heavy atom. The standard InChI is InChI=1S/C24H30N6O/c1-4-28(15-20-9-6-5-7-10-20)24(31)21-11-8-12-29(16-21)22-14-23(26-17-25-22)30-19(3)13-18(2)27-30/h5-7,9-10,13-14,17,21H,4,8,11-12,15-16H2,1-3H3. The molecule has 1 amide bonds. The van der Waals surface area contributed by atoms with Gasteiger partial charge in [0.1, 0.15) is 12.1 Å². The van der Waals surface area contributed by atoms with Crippen LogP contribution in [0, 0.1) is 19.8 Å². The minimum Gasteiger partial charge on any atom is -0.356 e. The van der Waals surface area contributed by atoms with Gasteiger partial charge in [0, 0.05) is 37.9 Å². The Morgan fingerprint density at radius 3 is 2.61 bits per heavy atom. The van der Waals surface area contributed by atoms with Gasteiger partial charge in [0.2, 0.25) is 5.91 Å². The Kier molecular flexibility index (Phi) is 6.30. The second-order valence-corrected chi connectivity index (χ2v) is 8.20. The molecule has 1 aromatic carbocycles. The van der Waals surface area contributed by atoms with Crippen molar-refractivity contribution in [3.63, 3.8) is 0 Å². The maximum Gasteiger partial charge on any atom is 0.227 e. The average molecular weight is 419 g/mol. The average Bonchev–Trinajstić information content (AvgIpc) is 3.15. The molecule has 0 aliphatic carbocycles. The second kappa shape index (κ2) is 9.29. The molecule has 1 fully saturated rings. The molecule has 4 rings (SSSR count). The molecule has 162 valence electrons. The molecule has 1 saturated heterocycles. The SMILES string of the molecule is CCN(Cc1ccccc1)C(=O)C1CCCN(c2cc(-n3nc(C)cc3C)ncn2)C1. The Bertz CT molecular complexity index is 1030. The van der Waals surface area contributed by atoms with Crippen molar-refractivity contribution < 1.29 is 4.79 Å². The Morgan fingerprint density at radius 2 is 1.90 bits per heavy atom. The number of nitrogens with zero attached hydrogens (tertiary/aromatic N) is 6. The third kappa shape index (κ3) is 4.76. The van der Waals surface area contributed by atoms with Crippen LogP contribution in [-0.2, 0) is 11.3 Å². The molecule has 0 bridgehead atoms. The summed E-state index contributed by atoms with van der Waals surface area (Å²) in [6.45, 7) is 8.97. The van der Waals surface area contributed by atoms with Gasteiger partial charge in [0.25, 0.3) is 0 Å². The zero-order valence-corrected chi connectivity index (χ0v) is 18.5. The normalized spacial score (nSPS) is 16.4. The number of hydrogen-bond acceptors (Lipinski definition) is 5. The number of piperidine rings is 1. The van der Waals surface area contributed by atoms with E-state index < -0.39 is 0 Å². The van der Waals surface area contributed by atoms with E-state index in [1.54, 1.807) is 6.33 Å². The lowest BCUT2D eigenvalue weighted by Gasteiger charge is -2.35. The molecule has 1 atom stereocenters. The summed E-state index contributed by atoms with van der Waals surface area (Å²) in [5.41, 5.74) is 3.16. The predicted octanol–water partition coefficient (Wildman–Crippen LogP) is 3.54. The van der Waals surface area contributed by atoms with Gasteiger partial charge in [-0.1, -0.05) is 30.3 Å². The van der Waals surface area contributed by atoms with E-state index in [-0.39, 0.29) is 11.8 Å². The molecule has 3 heterocycles. The van der Waals surface area contributed by atoms with E-state index in [4.69, 9.17) is 0 Å². The number of aryl methyl sites for hydroxylation is 2. The smallest absolute Gasteiger partial charge is 0.227 e. The van der Waals surface area contributed by atoms with Crippen LogP contribution >= 0.6 is 0 Å². The summed E-state index contributed by atoms with van der Waals surface area (Å²) < 4.78 is 1.84. The molecular formula is C24H30N6O. The van der Waals surface area contributed by atoms with Crippen LogP contribution in [0.5, 0.6) is 0 Å². The van der Waals surface area contributed by atoms with Crippen LogP contribution in [0.4, 0.5) is 5.82 Å². The maximum atomic E-state index is 13.3. The van der Waals surface area contributed by atoms with E-state index in [9.17, 15) is 4.79 Å². The van der Waals surface area contributed by atoms with E-state index in [1.165, 1.54) is 0 Å². The third-order valence-corrected chi connectivity index (χ3v) is 5.87. The van der Waals surface area contributed by atoms with E-state index in [0.717, 1.165) is 48.0 Å². The molecule has 0 saturated carbocycles. The molecule has 0 radical (unpaired) electrons. The fourth-order valence-electron chi connectivity index (χ4n) is 4.28. The van der Waals surface area contributed by atoms with Crippen molar-refractivity contribution in [2.45, 2.75) is 40.2 Å². The fourth-order valence-corrected chi connectivity index (χ4v) is 4.28. The third-order valence-electron chi connectivity index (χ3n) is 5.87. The number of carbonyl (C=O) groups is 1. The zero-order chi connectivity index (χ0) is 21.8. The van der Waals surface area contributed by atoms with E-state index in [0.29, 0.717) is 19.6 Å². The number of anilines is 1. The lowest BCUT2D eigenvalue weighted by atomic mass is 9.96. The van der Waals surface area contributed by atoms with Crippen LogP contribution in [0.2, 0.25) is 0 Å². The molecule has 1 aliphatic heterocycles. The molecule has 7 heteroatoms. The monoisotopic (exact) mass is 418 g/mol. The lowest BCUT2D eigenvalue weighted by Crippen LogP contribution is -2.45. The molecule has 0 spiro atoms. The first-order chi connectivity index (χ1) is 15.0. The largest absolute Gasteiger partial charge is 0.356 e. The Balaban J connectivity index is 1.48. The van der Waals surface area contributed by atoms with E-state index in [2.05, 4.69) is 32.1 Å². The number of rotatable bonds is 6. The summed E-state index contributed by atoms with van der Waals surface area (Å²) in [4.78, 5) is 26.4. The molecule has 1 aliphatic rings.